The molecule has 164 valence electrons. The van der Waals surface area contributed by atoms with Gasteiger partial charge in [0.05, 0.1) is 12.6 Å². The smallest absolute Gasteiger partial charge is 0.267 e. The molecule has 1 saturated carbocycles. The summed E-state index contributed by atoms with van der Waals surface area (Å²) in [6, 6.07) is 6.42. The van der Waals surface area contributed by atoms with Gasteiger partial charge < -0.3 is 9.73 Å². The normalized spacial score (nSPS) is 18.7. The Morgan fingerprint density at radius 3 is 2.88 bits per heavy atom. The van der Waals surface area contributed by atoms with Crippen LogP contribution in [0, 0.1) is 12.8 Å². The fourth-order valence-corrected chi connectivity index (χ4v) is 5.30. The zero-order valence-electron chi connectivity index (χ0n) is 18.0. The van der Waals surface area contributed by atoms with Gasteiger partial charge in [0.15, 0.2) is 0 Å². The molecule has 0 radical (unpaired) electrons. The van der Waals surface area contributed by atoms with Gasteiger partial charge in [-0.1, -0.05) is 17.7 Å². The van der Waals surface area contributed by atoms with Gasteiger partial charge in [0, 0.05) is 29.6 Å². The van der Waals surface area contributed by atoms with Crippen LogP contribution >= 0.6 is 11.3 Å². The number of amides is 1. The maximum Gasteiger partial charge on any atom is 0.267 e. The van der Waals surface area contributed by atoms with E-state index >= 15 is 0 Å². The standard InChI is InChI=1S/C24H25N5O2S/c1-15-2-7-21-19(10-15)18(14-32-21)11-22(30)27-12-16-3-5-17(6-4-16)23-28-29-24(31-23)20-13-25-8-9-26-20/h2,7-10,13-14,16-17H,3-6,11-12H2,1H3,(H,27,30). The molecule has 1 aliphatic rings. The Bertz CT molecular complexity index is 1210. The molecule has 8 heteroatoms. The van der Waals surface area contributed by atoms with E-state index in [4.69, 9.17) is 4.42 Å². The summed E-state index contributed by atoms with van der Waals surface area (Å²) in [5.74, 6) is 1.93. The lowest BCUT2D eigenvalue weighted by molar-refractivity contribution is -0.120. The van der Waals surface area contributed by atoms with Crippen LogP contribution in [0.2, 0.25) is 0 Å². The Morgan fingerprint density at radius 1 is 1.19 bits per heavy atom. The van der Waals surface area contributed by atoms with Crippen molar-refractivity contribution >= 4 is 27.3 Å². The van der Waals surface area contributed by atoms with Gasteiger partial charge in [-0.25, -0.2) is 4.98 Å². The van der Waals surface area contributed by atoms with Gasteiger partial charge in [-0.3, -0.25) is 9.78 Å². The molecule has 0 aliphatic heterocycles. The second-order valence-electron chi connectivity index (χ2n) is 8.50. The number of hydrogen-bond donors (Lipinski definition) is 1. The lowest BCUT2D eigenvalue weighted by Crippen LogP contribution is -2.32. The summed E-state index contributed by atoms with van der Waals surface area (Å²) in [5, 5.41) is 14.8. The summed E-state index contributed by atoms with van der Waals surface area (Å²) in [7, 11) is 0. The van der Waals surface area contributed by atoms with Crippen LogP contribution in [0.3, 0.4) is 0 Å². The van der Waals surface area contributed by atoms with E-state index in [0.29, 0.717) is 29.8 Å². The molecule has 1 amide bonds. The van der Waals surface area contributed by atoms with E-state index in [0.717, 1.165) is 37.8 Å². The molecule has 0 atom stereocenters. The molecule has 0 saturated heterocycles. The highest BCUT2D eigenvalue weighted by molar-refractivity contribution is 7.17. The van der Waals surface area contributed by atoms with Crippen LogP contribution in [-0.4, -0.2) is 32.6 Å². The molecule has 1 N–H and O–H groups in total. The van der Waals surface area contributed by atoms with E-state index in [1.807, 2.05) is 0 Å². The Labute approximate surface area is 190 Å². The van der Waals surface area contributed by atoms with Crippen molar-refractivity contribution in [3.8, 4) is 11.6 Å². The topological polar surface area (TPSA) is 93.8 Å². The molecule has 1 aliphatic carbocycles. The highest BCUT2D eigenvalue weighted by atomic mass is 32.1. The number of hydrogen-bond acceptors (Lipinski definition) is 7. The van der Waals surface area contributed by atoms with Gasteiger partial charge in [0.2, 0.25) is 11.8 Å². The minimum absolute atomic E-state index is 0.0962. The number of nitrogens with zero attached hydrogens (tertiary/aromatic N) is 4. The van der Waals surface area contributed by atoms with E-state index in [-0.39, 0.29) is 11.8 Å². The molecule has 7 nitrogen and oxygen atoms in total. The number of fused-ring (bicyclic) bond motifs is 1. The molecule has 1 aromatic carbocycles. The van der Waals surface area contributed by atoms with E-state index in [1.54, 1.807) is 29.9 Å². The maximum atomic E-state index is 12.6. The number of aromatic nitrogens is 4. The number of benzene rings is 1. The number of thiophene rings is 1. The molecule has 0 unspecified atom stereocenters. The van der Waals surface area contributed by atoms with Crippen molar-refractivity contribution < 1.29 is 9.21 Å². The summed E-state index contributed by atoms with van der Waals surface area (Å²) in [5.41, 5.74) is 2.93. The first-order chi connectivity index (χ1) is 15.7. The fraction of sp³-hybridized carbons (Fsp3) is 0.375. The SMILES string of the molecule is Cc1ccc2scc(CC(=O)NCC3CCC(c4nnc(-c5cnccn5)o4)CC3)c2c1. The average Bonchev–Trinajstić information content (AvgIpc) is 3.46. The summed E-state index contributed by atoms with van der Waals surface area (Å²) in [6.07, 6.45) is 9.32. The van der Waals surface area contributed by atoms with E-state index in [2.05, 4.69) is 56.0 Å². The van der Waals surface area contributed by atoms with Gasteiger partial charge >= 0.3 is 0 Å². The molecule has 0 bridgehead atoms. The lowest BCUT2D eigenvalue weighted by Gasteiger charge is -2.26. The summed E-state index contributed by atoms with van der Waals surface area (Å²) < 4.78 is 7.09. The summed E-state index contributed by atoms with van der Waals surface area (Å²) >= 11 is 1.70. The Balaban J connectivity index is 1.11. The second kappa shape index (κ2) is 9.16. The third-order valence-electron chi connectivity index (χ3n) is 6.17. The minimum Gasteiger partial charge on any atom is -0.419 e. The Morgan fingerprint density at radius 2 is 2.06 bits per heavy atom. The van der Waals surface area contributed by atoms with Crippen molar-refractivity contribution in [3.05, 3.63) is 59.2 Å². The molecule has 1 fully saturated rings. The van der Waals surface area contributed by atoms with Crippen molar-refractivity contribution in [2.24, 2.45) is 5.92 Å². The van der Waals surface area contributed by atoms with E-state index in [9.17, 15) is 4.79 Å². The van der Waals surface area contributed by atoms with Crippen LogP contribution in [0.25, 0.3) is 21.7 Å². The number of carbonyl (C=O) groups is 1. The molecule has 0 spiro atoms. The van der Waals surface area contributed by atoms with Gasteiger partial charge in [-0.2, -0.15) is 0 Å². The molecule has 4 aromatic rings. The molecular weight excluding hydrogens is 422 g/mol. The number of aryl methyl sites for hydroxylation is 1. The van der Waals surface area contributed by atoms with Crippen LogP contribution < -0.4 is 5.32 Å². The third-order valence-corrected chi connectivity index (χ3v) is 7.18. The van der Waals surface area contributed by atoms with Gasteiger partial charge in [0.25, 0.3) is 5.89 Å². The van der Waals surface area contributed by atoms with Crippen LogP contribution in [0.1, 0.15) is 48.6 Å². The largest absolute Gasteiger partial charge is 0.419 e. The summed E-state index contributed by atoms with van der Waals surface area (Å²) in [4.78, 5) is 20.8. The van der Waals surface area contributed by atoms with Crippen molar-refractivity contribution in [2.45, 2.75) is 44.9 Å². The predicted molar refractivity (Wildman–Crippen MR) is 123 cm³/mol. The number of carbonyl (C=O) groups excluding carboxylic acids is 1. The molecule has 3 aromatic heterocycles. The number of rotatable bonds is 6. The van der Waals surface area contributed by atoms with Crippen molar-refractivity contribution in [2.75, 3.05) is 6.54 Å². The lowest BCUT2D eigenvalue weighted by atomic mass is 9.82. The highest BCUT2D eigenvalue weighted by Gasteiger charge is 2.27. The monoisotopic (exact) mass is 447 g/mol. The molecule has 32 heavy (non-hydrogen) atoms. The average molecular weight is 448 g/mol. The number of nitrogens with one attached hydrogen (secondary N) is 1. The first kappa shape index (κ1) is 20.8. The zero-order chi connectivity index (χ0) is 21.9. The highest BCUT2D eigenvalue weighted by Crippen LogP contribution is 2.35. The Hall–Kier alpha value is -3.13. The van der Waals surface area contributed by atoms with Crippen LogP contribution in [0.4, 0.5) is 0 Å². The fourth-order valence-electron chi connectivity index (χ4n) is 4.35. The van der Waals surface area contributed by atoms with E-state index in [1.165, 1.54) is 15.6 Å². The predicted octanol–water partition coefficient (Wildman–Crippen LogP) is 4.68. The summed E-state index contributed by atoms with van der Waals surface area (Å²) in [6.45, 7) is 2.81. The first-order valence-corrected chi connectivity index (χ1v) is 11.9. The van der Waals surface area contributed by atoms with Crippen LogP contribution in [0.15, 0.2) is 46.6 Å². The second-order valence-corrected chi connectivity index (χ2v) is 9.41. The van der Waals surface area contributed by atoms with Crippen molar-refractivity contribution in [3.63, 3.8) is 0 Å². The van der Waals surface area contributed by atoms with Crippen molar-refractivity contribution in [1.29, 1.82) is 0 Å². The quantitative estimate of drug-likeness (QED) is 0.461. The van der Waals surface area contributed by atoms with E-state index < -0.39 is 0 Å². The van der Waals surface area contributed by atoms with Gasteiger partial charge in [-0.15, -0.1) is 21.5 Å². The maximum absolute atomic E-state index is 12.6. The van der Waals surface area contributed by atoms with Gasteiger partial charge in [-0.05, 0) is 60.9 Å². The van der Waals surface area contributed by atoms with Crippen LogP contribution in [0.5, 0.6) is 0 Å². The third kappa shape index (κ3) is 4.55. The Kier molecular flexibility index (Phi) is 5.94. The zero-order valence-corrected chi connectivity index (χ0v) is 18.8. The molecular formula is C24H25N5O2S. The first-order valence-electron chi connectivity index (χ1n) is 11.0. The molecule has 3 heterocycles. The van der Waals surface area contributed by atoms with Crippen molar-refractivity contribution in [1.82, 2.24) is 25.5 Å². The van der Waals surface area contributed by atoms with Gasteiger partial charge in [0.1, 0.15) is 5.69 Å². The minimum atomic E-state index is 0.0962. The van der Waals surface area contributed by atoms with Crippen LogP contribution in [-0.2, 0) is 11.2 Å². The molecule has 5 rings (SSSR count).